The van der Waals surface area contributed by atoms with Gasteiger partial charge in [0.2, 0.25) is 0 Å². The smallest absolute Gasteiger partial charge is 0.0143 e. The molecule has 0 heterocycles. The first-order valence-corrected chi connectivity index (χ1v) is 12.7. The maximum absolute atomic E-state index is 2.66. The highest BCUT2D eigenvalue weighted by molar-refractivity contribution is 5.26. The lowest BCUT2D eigenvalue weighted by Crippen LogP contribution is -2.36. The highest BCUT2D eigenvalue weighted by Crippen LogP contribution is 2.60. The second-order valence-electron chi connectivity index (χ2n) is 11.4. The van der Waals surface area contributed by atoms with Gasteiger partial charge < -0.3 is 0 Å². The van der Waals surface area contributed by atoms with Crippen LogP contribution in [0.4, 0.5) is 0 Å². The van der Waals surface area contributed by atoms with Crippen LogP contribution in [0.3, 0.4) is 0 Å². The molecule has 0 aromatic heterocycles. The number of rotatable bonds is 6. The van der Waals surface area contributed by atoms with Crippen LogP contribution < -0.4 is 0 Å². The van der Waals surface area contributed by atoms with E-state index in [0.29, 0.717) is 5.41 Å². The van der Waals surface area contributed by atoms with E-state index in [2.05, 4.69) is 53.7 Å². The molecule has 3 aliphatic carbocycles. The maximum atomic E-state index is 2.66. The summed E-state index contributed by atoms with van der Waals surface area (Å²) in [6.45, 7) is 14.9. The molecule has 0 radical (unpaired) electrons. The van der Waals surface area contributed by atoms with E-state index in [1.54, 1.807) is 5.57 Å². The minimum atomic E-state index is 0.579. The molecule has 0 saturated heterocycles. The summed E-state index contributed by atoms with van der Waals surface area (Å²) in [6, 6.07) is 0. The molecule has 160 valence electrons. The summed E-state index contributed by atoms with van der Waals surface area (Å²) in [4.78, 5) is 0. The molecule has 0 heteroatoms. The first-order chi connectivity index (χ1) is 13.4. The molecule has 28 heavy (non-hydrogen) atoms. The van der Waals surface area contributed by atoms with Gasteiger partial charge in [-0.1, -0.05) is 90.5 Å². The topological polar surface area (TPSA) is 0 Å². The molecule has 0 N–H and O–H groups in total. The SMILES string of the molecule is CCCCCC(C)C1CCC2/C(=C/C=C3CC(C)C(C)[C@H](C)C3)CCCC21C. The maximum Gasteiger partial charge on any atom is -0.0143 e. The second kappa shape index (κ2) is 9.53. The van der Waals surface area contributed by atoms with E-state index < -0.39 is 0 Å². The van der Waals surface area contributed by atoms with Gasteiger partial charge in [0.1, 0.15) is 0 Å². The Balaban J connectivity index is 1.70. The van der Waals surface area contributed by atoms with Crippen LogP contribution in [0.2, 0.25) is 0 Å². The first kappa shape index (κ1) is 22.2. The van der Waals surface area contributed by atoms with E-state index in [9.17, 15) is 0 Å². The molecule has 0 nitrogen and oxygen atoms in total. The van der Waals surface area contributed by atoms with Crippen molar-refractivity contribution in [3.63, 3.8) is 0 Å². The summed E-state index contributed by atoms with van der Waals surface area (Å²) in [7, 11) is 0. The molecule has 3 fully saturated rings. The van der Waals surface area contributed by atoms with Gasteiger partial charge in [0.25, 0.3) is 0 Å². The fraction of sp³-hybridized carbons (Fsp3) is 0.857. The largest absolute Gasteiger partial charge is 0.0697 e. The quantitative estimate of drug-likeness (QED) is 0.401. The molecule has 7 atom stereocenters. The lowest BCUT2D eigenvalue weighted by Gasteiger charge is -2.44. The minimum Gasteiger partial charge on any atom is -0.0697 e. The monoisotopic (exact) mass is 384 g/mol. The van der Waals surface area contributed by atoms with Gasteiger partial charge in [-0.25, -0.2) is 0 Å². The van der Waals surface area contributed by atoms with E-state index >= 15 is 0 Å². The van der Waals surface area contributed by atoms with Crippen LogP contribution in [0.15, 0.2) is 23.3 Å². The van der Waals surface area contributed by atoms with Crippen molar-refractivity contribution in [1.29, 1.82) is 0 Å². The van der Waals surface area contributed by atoms with Crippen LogP contribution >= 0.6 is 0 Å². The van der Waals surface area contributed by atoms with Crippen molar-refractivity contribution in [2.24, 2.45) is 40.9 Å². The second-order valence-corrected chi connectivity index (χ2v) is 11.4. The zero-order chi connectivity index (χ0) is 20.3. The molecule has 0 bridgehead atoms. The standard InChI is InChI=1S/C28H48/c1-7-8-9-11-20(2)26-15-16-27-25(12-10-17-28(26,27)6)14-13-24-18-21(3)23(5)22(4)19-24/h13-14,20-23,26-27H,7-12,15-19H2,1-6H3/b24-13?,25-14+/t20?,21-,22?,23?,26?,27?,28?/m1/s1. The van der Waals surface area contributed by atoms with Gasteiger partial charge in [0.15, 0.2) is 0 Å². The van der Waals surface area contributed by atoms with Gasteiger partial charge in [0.05, 0.1) is 0 Å². The molecule has 0 amide bonds. The average Bonchev–Trinajstić information content (AvgIpc) is 3.02. The van der Waals surface area contributed by atoms with Crippen molar-refractivity contribution in [2.45, 2.75) is 112 Å². The normalized spacial score (nSPS) is 42.7. The summed E-state index contributed by atoms with van der Waals surface area (Å²) < 4.78 is 0. The van der Waals surface area contributed by atoms with Crippen molar-refractivity contribution in [1.82, 2.24) is 0 Å². The highest BCUT2D eigenvalue weighted by atomic mass is 14.5. The van der Waals surface area contributed by atoms with Crippen molar-refractivity contribution in [2.75, 3.05) is 0 Å². The van der Waals surface area contributed by atoms with Crippen LogP contribution in [-0.2, 0) is 0 Å². The van der Waals surface area contributed by atoms with E-state index in [4.69, 9.17) is 0 Å². The summed E-state index contributed by atoms with van der Waals surface area (Å²) in [5.41, 5.74) is 4.11. The van der Waals surface area contributed by atoms with Crippen LogP contribution in [-0.4, -0.2) is 0 Å². The van der Waals surface area contributed by atoms with Gasteiger partial charge in [-0.3, -0.25) is 0 Å². The van der Waals surface area contributed by atoms with Gasteiger partial charge in [-0.05, 0) is 85.9 Å². The zero-order valence-corrected chi connectivity index (χ0v) is 19.9. The Morgan fingerprint density at radius 2 is 1.75 bits per heavy atom. The molecule has 3 aliphatic rings. The summed E-state index contributed by atoms with van der Waals surface area (Å²) in [6.07, 6.45) is 20.7. The zero-order valence-electron chi connectivity index (χ0n) is 19.9. The molecular weight excluding hydrogens is 336 g/mol. The highest BCUT2D eigenvalue weighted by Gasteiger charge is 2.50. The molecule has 0 aliphatic heterocycles. The van der Waals surface area contributed by atoms with Crippen molar-refractivity contribution in [3.8, 4) is 0 Å². The number of fused-ring (bicyclic) bond motifs is 1. The molecular formula is C28H48. The predicted molar refractivity (Wildman–Crippen MR) is 124 cm³/mol. The molecule has 6 unspecified atom stereocenters. The Hall–Kier alpha value is -0.520. The van der Waals surface area contributed by atoms with E-state index in [1.165, 1.54) is 70.6 Å². The fourth-order valence-corrected chi connectivity index (χ4v) is 7.34. The molecule has 0 aromatic carbocycles. The molecule has 3 rings (SSSR count). The number of unbranched alkanes of at least 4 members (excludes halogenated alkanes) is 2. The number of hydrogen-bond donors (Lipinski definition) is 0. The Bertz CT molecular complexity index is 553. The van der Waals surface area contributed by atoms with Crippen molar-refractivity contribution in [3.05, 3.63) is 23.3 Å². The Labute approximate surface area is 176 Å². The van der Waals surface area contributed by atoms with Crippen molar-refractivity contribution >= 4 is 0 Å². The Kier molecular flexibility index (Phi) is 7.54. The van der Waals surface area contributed by atoms with E-state index in [-0.39, 0.29) is 0 Å². The summed E-state index contributed by atoms with van der Waals surface area (Å²) in [5, 5.41) is 0. The third-order valence-electron chi connectivity index (χ3n) is 9.48. The fourth-order valence-electron chi connectivity index (χ4n) is 7.34. The average molecular weight is 385 g/mol. The summed E-state index contributed by atoms with van der Waals surface area (Å²) >= 11 is 0. The lowest BCUT2D eigenvalue weighted by atomic mass is 9.60. The third kappa shape index (κ3) is 4.62. The third-order valence-corrected chi connectivity index (χ3v) is 9.48. The summed E-state index contributed by atoms with van der Waals surface area (Å²) in [5.74, 6) is 5.33. The van der Waals surface area contributed by atoms with Gasteiger partial charge in [-0.2, -0.15) is 0 Å². The van der Waals surface area contributed by atoms with E-state index in [0.717, 1.165) is 35.5 Å². The van der Waals surface area contributed by atoms with Gasteiger partial charge in [0, 0.05) is 0 Å². The van der Waals surface area contributed by atoms with E-state index in [1.807, 2.05) is 5.57 Å². The minimum absolute atomic E-state index is 0.579. The van der Waals surface area contributed by atoms with Crippen molar-refractivity contribution < 1.29 is 0 Å². The first-order valence-electron chi connectivity index (χ1n) is 12.7. The van der Waals surface area contributed by atoms with Crippen LogP contribution in [0, 0.1) is 40.9 Å². The number of allylic oxidation sites excluding steroid dienone is 4. The molecule has 0 spiro atoms. The molecule has 3 saturated carbocycles. The predicted octanol–water partition coefficient (Wildman–Crippen LogP) is 8.97. The Morgan fingerprint density at radius 3 is 2.43 bits per heavy atom. The van der Waals surface area contributed by atoms with Crippen LogP contribution in [0.5, 0.6) is 0 Å². The van der Waals surface area contributed by atoms with Gasteiger partial charge >= 0.3 is 0 Å². The molecule has 0 aromatic rings. The van der Waals surface area contributed by atoms with Crippen LogP contribution in [0.25, 0.3) is 0 Å². The Morgan fingerprint density at radius 1 is 1.04 bits per heavy atom. The number of hydrogen-bond acceptors (Lipinski definition) is 0. The van der Waals surface area contributed by atoms with Gasteiger partial charge in [-0.15, -0.1) is 0 Å². The lowest BCUT2D eigenvalue weighted by molar-refractivity contribution is 0.0932. The van der Waals surface area contributed by atoms with Crippen LogP contribution in [0.1, 0.15) is 112 Å².